The van der Waals surface area contributed by atoms with Crippen molar-refractivity contribution >= 4 is 11.8 Å². The van der Waals surface area contributed by atoms with Crippen molar-refractivity contribution in [1.82, 2.24) is 20.1 Å². The average Bonchev–Trinajstić information content (AvgIpc) is 2.82. The van der Waals surface area contributed by atoms with Gasteiger partial charge in [0.15, 0.2) is 0 Å². The molecule has 0 saturated carbocycles. The average molecular weight is 276 g/mol. The molecular weight excluding hydrogens is 256 g/mol. The molecule has 0 spiro atoms. The van der Waals surface area contributed by atoms with E-state index < -0.39 is 0 Å². The molecule has 0 aliphatic rings. The minimum atomic E-state index is 0.352. The minimum Gasteiger partial charge on any atom is -0.310 e. The van der Waals surface area contributed by atoms with E-state index in [9.17, 15) is 0 Å². The summed E-state index contributed by atoms with van der Waals surface area (Å²) >= 11 is 1.63. The molecule has 1 N–H and O–H groups in total. The lowest BCUT2D eigenvalue weighted by Gasteiger charge is -2.13. The van der Waals surface area contributed by atoms with Crippen LogP contribution in [0.3, 0.4) is 0 Å². The number of nitrogens with zero attached hydrogens (tertiary/aromatic N) is 3. The van der Waals surface area contributed by atoms with Crippen molar-refractivity contribution in [2.24, 2.45) is 7.05 Å². The van der Waals surface area contributed by atoms with Crippen molar-refractivity contribution in [2.45, 2.75) is 36.2 Å². The van der Waals surface area contributed by atoms with Gasteiger partial charge in [-0.25, -0.2) is 4.98 Å². The highest BCUT2D eigenvalue weighted by atomic mass is 32.2. The number of nitrogens with one attached hydrogen (secondary N) is 1. The first-order valence-corrected chi connectivity index (χ1v) is 7.36. The number of aryl methyl sites for hydroxylation is 1. The molecule has 0 aromatic carbocycles. The summed E-state index contributed by atoms with van der Waals surface area (Å²) < 4.78 is 1.80. The maximum Gasteiger partial charge on any atom is 0.101 e. The monoisotopic (exact) mass is 276 g/mol. The first-order valence-electron chi connectivity index (χ1n) is 6.55. The van der Waals surface area contributed by atoms with Crippen LogP contribution in [-0.4, -0.2) is 21.3 Å². The molecule has 2 rings (SSSR count). The SMILES string of the molecule is CCCNC(C)c1ccc(Sc2cnn(C)c2)nc1. The van der Waals surface area contributed by atoms with Gasteiger partial charge < -0.3 is 5.32 Å². The van der Waals surface area contributed by atoms with Gasteiger partial charge >= 0.3 is 0 Å². The molecular formula is C14H20N4S. The summed E-state index contributed by atoms with van der Waals surface area (Å²) in [5.74, 6) is 0. The fourth-order valence-electron chi connectivity index (χ4n) is 1.76. The molecule has 2 aromatic heterocycles. The molecule has 102 valence electrons. The predicted molar refractivity (Wildman–Crippen MR) is 78.3 cm³/mol. The Bertz CT molecular complexity index is 506. The highest BCUT2D eigenvalue weighted by Crippen LogP contribution is 2.25. The molecule has 0 radical (unpaired) electrons. The Kier molecular flexibility index (Phi) is 4.99. The third-order valence-electron chi connectivity index (χ3n) is 2.86. The number of pyridine rings is 1. The topological polar surface area (TPSA) is 42.7 Å². The third-order valence-corrected chi connectivity index (χ3v) is 3.76. The Balaban J connectivity index is 1.98. The van der Waals surface area contributed by atoms with Crippen LogP contribution in [0.15, 0.2) is 40.6 Å². The van der Waals surface area contributed by atoms with E-state index in [0.29, 0.717) is 6.04 Å². The maximum atomic E-state index is 4.50. The lowest BCUT2D eigenvalue weighted by atomic mass is 10.1. The van der Waals surface area contributed by atoms with E-state index in [4.69, 9.17) is 0 Å². The fraction of sp³-hybridized carbons (Fsp3) is 0.429. The van der Waals surface area contributed by atoms with E-state index in [0.717, 1.165) is 22.9 Å². The van der Waals surface area contributed by atoms with Gasteiger partial charge in [-0.15, -0.1) is 0 Å². The summed E-state index contributed by atoms with van der Waals surface area (Å²) in [6, 6.07) is 4.56. The van der Waals surface area contributed by atoms with Gasteiger partial charge in [0.05, 0.1) is 11.1 Å². The summed E-state index contributed by atoms with van der Waals surface area (Å²) in [5, 5.41) is 8.61. The van der Waals surface area contributed by atoms with Crippen LogP contribution < -0.4 is 5.32 Å². The van der Waals surface area contributed by atoms with Crippen molar-refractivity contribution in [3.63, 3.8) is 0 Å². The molecule has 0 aliphatic heterocycles. The molecule has 1 atom stereocenters. The van der Waals surface area contributed by atoms with Crippen molar-refractivity contribution in [2.75, 3.05) is 6.54 Å². The Labute approximate surface area is 118 Å². The second kappa shape index (κ2) is 6.73. The largest absolute Gasteiger partial charge is 0.310 e. The van der Waals surface area contributed by atoms with Gasteiger partial charge in [-0.1, -0.05) is 24.8 Å². The fourth-order valence-corrected chi connectivity index (χ4v) is 2.55. The van der Waals surface area contributed by atoms with Crippen molar-refractivity contribution in [1.29, 1.82) is 0 Å². The second-order valence-electron chi connectivity index (χ2n) is 4.56. The van der Waals surface area contributed by atoms with Gasteiger partial charge in [-0.3, -0.25) is 4.68 Å². The highest BCUT2D eigenvalue weighted by molar-refractivity contribution is 7.99. The maximum absolute atomic E-state index is 4.50. The third kappa shape index (κ3) is 4.08. The van der Waals surface area contributed by atoms with Crippen LogP contribution in [0.4, 0.5) is 0 Å². The van der Waals surface area contributed by atoms with Gasteiger partial charge in [-0.05, 0) is 31.5 Å². The smallest absolute Gasteiger partial charge is 0.101 e. The number of rotatable bonds is 6. The molecule has 4 nitrogen and oxygen atoms in total. The van der Waals surface area contributed by atoms with Crippen LogP contribution in [0.5, 0.6) is 0 Å². The van der Waals surface area contributed by atoms with Crippen LogP contribution in [0, 0.1) is 0 Å². The molecule has 5 heteroatoms. The summed E-state index contributed by atoms with van der Waals surface area (Å²) in [5.41, 5.74) is 1.23. The van der Waals surface area contributed by atoms with E-state index in [1.54, 1.807) is 16.4 Å². The lowest BCUT2D eigenvalue weighted by molar-refractivity contribution is 0.568. The number of aromatic nitrogens is 3. The summed E-state index contributed by atoms with van der Waals surface area (Å²) in [7, 11) is 1.92. The number of hydrogen-bond acceptors (Lipinski definition) is 4. The van der Waals surface area contributed by atoms with E-state index in [2.05, 4.69) is 41.4 Å². The van der Waals surface area contributed by atoms with Crippen molar-refractivity contribution < 1.29 is 0 Å². The minimum absolute atomic E-state index is 0.352. The van der Waals surface area contributed by atoms with E-state index in [1.807, 2.05) is 25.6 Å². The van der Waals surface area contributed by atoms with Crippen LogP contribution in [0.25, 0.3) is 0 Å². The van der Waals surface area contributed by atoms with Crippen LogP contribution in [0.1, 0.15) is 31.9 Å². The highest BCUT2D eigenvalue weighted by Gasteiger charge is 2.06. The standard InChI is InChI=1S/C14H20N4S/c1-4-7-15-11(2)12-5-6-14(16-8-12)19-13-9-17-18(3)10-13/h5-6,8-11,15H,4,7H2,1-3H3. The molecule has 2 aromatic rings. The Morgan fingerprint density at radius 2 is 2.21 bits per heavy atom. The zero-order chi connectivity index (χ0) is 13.7. The van der Waals surface area contributed by atoms with Crippen molar-refractivity contribution in [3.05, 3.63) is 36.3 Å². The summed E-state index contributed by atoms with van der Waals surface area (Å²) in [6.07, 6.45) is 6.94. The van der Waals surface area contributed by atoms with E-state index >= 15 is 0 Å². The normalized spacial score (nSPS) is 12.6. The quantitative estimate of drug-likeness (QED) is 0.880. The molecule has 19 heavy (non-hydrogen) atoms. The van der Waals surface area contributed by atoms with Gasteiger partial charge in [0, 0.05) is 25.5 Å². The Morgan fingerprint density at radius 1 is 1.37 bits per heavy atom. The molecule has 1 unspecified atom stereocenters. The van der Waals surface area contributed by atoms with Gasteiger partial charge in [0.25, 0.3) is 0 Å². The van der Waals surface area contributed by atoms with Crippen molar-refractivity contribution in [3.8, 4) is 0 Å². The predicted octanol–water partition coefficient (Wildman–Crippen LogP) is 3.03. The van der Waals surface area contributed by atoms with Gasteiger partial charge in [0.2, 0.25) is 0 Å². The Hall–Kier alpha value is -1.33. The van der Waals surface area contributed by atoms with Crippen LogP contribution in [0.2, 0.25) is 0 Å². The Morgan fingerprint density at radius 3 is 2.79 bits per heavy atom. The van der Waals surface area contributed by atoms with E-state index in [-0.39, 0.29) is 0 Å². The summed E-state index contributed by atoms with van der Waals surface area (Å²) in [4.78, 5) is 5.61. The van der Waals surface area contributed by atoms with Crippen LogP contribution >= 0.6 is 11.8 Å². The molecule has 0 saturated heterocycles. The molecule has 0 fully saturated rings. The summed E-state index contributed by atoms with van der Waals surface area (Å²) in [6.45, 7) is 5.37. The van der Waals surface area contributed by atoms with Crippen LogP contribution in [-0.2, 0) is 7.05 Å². The second-order valence-corrected chi connectivity index (χ2v) is 5.65. The molecule has 0 bridgehead atoms. The zero-order valence-corrected chi connectivity index (χ0v) is 12.4. The first-order chi connectivity index (χ1) is 9.19. The van der Waals surface area contributed by atoms with Gasteiger partial charge in [-0.2, -0.15) is 5.10 Å². The van der Waals surface area contributed by atoms with E-state index in [1.165, 1.54) is 5.56 Å². The number of hydrogen-bond donors (Lipinski definition) is 1. The molecule has 0 amide bonds. The zero-order valence-electron chi connectivity index (χ0n) is 11.6. The van der Waals surface area contributed by atoms with Gasteiger partial charge in [0.1, 0.15) is 5.03 Å². The lowest BCUT2D eigenvalue weighted by Crippen LogP contribution is -2.19. The molecule has 0 aliphatic carbocycles. The first kappa shape index (κ1) is 14.1. The molecule has 2 heterocycles.